The van der Waals surface area contributed by atoms with Crippen molar-refractivity contribution in [2.75, 3.05) is 19.6 Å². The number of hydrogen-bond acceptors (Lipinski definition) is 2. The lowest BCUT2D eigenvalue weighted by Crippen LogP contribution is -2.26. The second-order valence-electron chi connectivity index (χ2n) is 5.91. The van der Waals surface area contributed by atoms with E-state index >= 15 is 0 Å². The van der Waals surface area contributed by atoms with Crippen molar-refractivity contribution < 1.29 is 4.79 Å². The van der Waals surface area contributed by atoms with Gasteiger partial charge in [0.15, 0.2) is 0 Å². The van der Waals surface area contributed by atoms with Gasteiger partial charge >= 0.3 is 0 Å². The molecule has 2 aromatic rings. The van der Waals surface area contributed by atoms with Crippen molar-refractivity contribution in [3.63, 3.8) is 0 Å². The summed E-state index contributed by atoms with van der Waals surface area (Å²) in [6.07, 6.45) is 1.87. The van der Waals surface area contributed by atoms with E-state index in [2.05, 4.69) is 16.7 Å². The van der Waals surface area contributed by atoms with E-state index in [1.807, 2.05) is 42.5 Å². The van der Waals surface area contributed by atoms with Gasteiger partial charge in [-0.2, -0.15) is 0 Å². The van der Waals surface area contributed by atoms with Gasteiger partial charge in [-0.15, -0.1) is 0 Å². The van der Waals surface area contributed by atoms with E-state index < -0.39 is 0 Å². The standard InChI is InChI=1S/C19H21ClN2O/c20-18-7-2-1-4-14(18)9-11-22-19(23)16-6-3-5-15(12-16)17-8-10-21-13-17/h1-7,12,17,21H,8-11,13H2,(H,22,23)/t17-/m0/s1. The van der Waals surface area contributed by atoms with E-state index in [0.717, 1.165) is 42.1 Å². The summed E-state index contributed by atoms with van der Waals surface area (Å²) in [6, 6.07) is 15.7. The Morgan fingerprint density at radius 3 is 2.87 bits per heavy atom. The summed E-state index contributed by atoms with van der Waals surface area (Å²) in [5, 5.41) is 7.09. The average molecular weight is 329 g/mol. The van der Waals surface area contributed by atoms with Gasteiger partial charge in [0.25, 0.3) is 5.91 Å². The third-order valence-electron chi connectivity index (χ3n) is 4.32. The van der Waals surface area contributed by atoms with Crippen LogP contribution in [0.3, 0.4) is 0 Å². The molecule has 3 nitrogen and oxygen atoms in total. The van der Waals surface area contributed by atoms with Gasteiger partial charge in [-0.1, -0.05) is 41.9 Å². The van der Waals surface area contributed by atoms with Gasteiger partial charge < -0.3 is 10.6 Å². The van der Waals surface area contributed by atoms with Gasteiger partial charge in [0.1, 0.15) is 0 Å². The van der Waals surface area contributed by atoms with Crippen molar-refractivity contribution in [3.05, 3.63) is 70.2 Å². The summed E-state index contributed by atoms with van der Waals surface area (Å²) in [7, 11) is 0. The maximum atomic E-state index is 12.3. The molecule has 1 atom stereocenters. The fourth-order valence-electron chi connectivity index (χ4n) is 2.99. The van der Waals surface area contributed by atoms with Gasteiger partial charge in [0, 0.05) is 23.7 Å². The predicted molar refractivity (Wildman–Crippen MR) is 94.2 cm³/mol. The Hall–Kier alpha value is -1.84. The van der Waals surface area contributed by atoms with Gasteiger partial charge in [0.05, 0.1) is 0 Å². The van der Waals surface area contributed by atoms with Gasteiger partial charge in [-0.3, -0.25) is 4.79 Å². The van der Waals surface area contributed by atoms with Crippen LogP contribution in [0.4, 0.5) is 0 Å². The van der Waals surface area contributed by atoms with Crippen molar-refractivity contribution in [2.45, 2.75) is 18.8 Å². The number of amides is 1. The topological polar surface area (TPSA) is 41.1 Å². The smallest absolute Gasteiger partial charge is 0.251 e. The van der Waals surface area contributed by atoms with Crippen LogP contribution in [0.2, 0.25) is 5.02 Å². The number of nitrogens with one attached hydrogen (secondary N) is 2. The van der Waals surface area contributed by atoms with Crippen LogP contribution >= 0.6 is 11.6 Å². The normalized spacial score (nSPS) is 17.2. The molecule has 3 rings (SSSR count). The molecule has 0 spiro atoms. The molecule has 0 bridgehead atoms. The maximum absolute atomic E-state index is 12.3. The largest absolute Gasteiger partial charge is 0.352 e. The summed E-state index contributed by atoms with van der Waals surface area (Å²) < 4.78 is 0. The van der Waals surface area contributed by atoms with E-state index in [-0.39, 0.29) is 5.91 Å². The summed E-state index contributed by atoms with van der Waals surface area (Å²) in [6.45, 7) is 2.63. The van der Waals surface area contributed by atoms with E-state index in [1.54, 1.807) is 0 Å². The van der Waals surface area contributed by atoms with Crippen LogP contribution in [-0.2, 0) is 6.42 Å². The van der Waals surface area contributed by atoms with Gasteiger partial charge in [-0.25, -0.2) is 0 Å². The Balaban J connectivity index is 1.58. The highest BCUT2D eigenvalue weighted by Crippen LogP contribution is 2.23. The molecule has 1 saturated heterocycles. The summed E-state index contributed by atoms with van der Waals surface area (Å²) >= 11 is 6.13. The minimum absolute atomic E-state index is 0.0233. The second kappa shape index (κ2) is 7.62. The van der Waals surface area contributed by atoms with E-state index in [0.29, 0.717) is 12.5 Å². The second-order valence-corrected chi connectivity index (χ2v) is 6.32. The highest BCUT2D eigenvalue weighted by Gasteiger charge is 2.17. The minimum atomic E-state index is -0.0233. The molecule has 0 radical (unpaired) electrons. The monoisotopic (exact) mass is 328 g/mol. The third-order valence-corrected chi connectivity index (χ3v) is 4.69. The minimum Gasteiger partial charge on any atom is -0.352 e. The number of carbonyl (C=O) groups excluding carboxylic acids is 1. The maximum Gasteiger partial charge on any atom is 0.251 e. The first-order valence-corrected chi connectivity index (χ1v) is 8.44. The molecular weight excluding hydrogens is 308 g/mol. The molecule has 1 heterocycles. The first-order chi connectivity index (χ1) is 11.2. The lowest BCUT2D eigenvalue weighted by atomic mass is 9.96. The molecule has 0 aromatic heterocycles. The highest BCUT2D eigenvalue weighted by molar-refractivity contribution is 6.31. The molecule has 1 fully saturated rings. The van der Waals surface area contributed by atoms with Crippen molar-refractivity contribution in [3.8, 4) is 0 Å². The number of benzene rings is 2. The van der Waals surface area contributed by atoms with Crippen molar-refractivity contribution >= 4 is 17.5 Å². The fourth-order valence-corrected chi connectivity index (χ4v) is 3.22. The molecule has 1 amide bonds. The predicted octanol–water partition coefficient (Wildman–Crippen LogP) is 3.39. The molecule has 4 heteroatoms. The first kappa shape index (κ1) is 16.0. The molecule has 2 aromatic carbocycles. The molecule has 120 valence electrons. The molecular formula is C19H21ClN2O. The van der Waals surface area contributed by atoms with E-state index in [9.17, 15) is 4.79 Å². The number of rotatable bonds is 5. The van der Waals surface area contributed by atoms with Crippen molar-refractivity contribution in [1.82, 2.24) is 10.6 Å². The van der Waals surface area contributed by atoms with Crippen molar-refractivity contribution in [1.29, 1.82) is 0 Å². The lowest BCUT2D eigenvalue weighted by molar-refractivity contribution is 0.0954. The first-order valence-electron chi connectivity index (χ1n) is 8.06. The zero-order valence-electron chi connectivity index (χ0n) is 13.0. The number of halogens is 1. The van der Waals surface area contributed by atoms with Crippen molar-refractivity contribution in [2.24, 2.45) is 0 Å². The van der Waals surface area contributed by atoms with E-state index in [4.69, 9.17) is 11.6 Å². The Bertz CT molecular complexity index is 681. The zero-order chi connectivity index (χ0) is 16.1. The zero-order valence-corrected chi connectivity index (χ0v) is 13.8. The Labute approximate surface area is 142 Å². The van der Waals surface area contributed by atoms with Crippen LogP contribution in [0.25, 0.3) is 0 Å². The Morgan fingerprint density at radius 1 is 1.22 bits per heavy atom. The molecule has 0 unspecified atom stereocenters. The lowest BCUT2D eigenvalue weighted by Gasteiger charge is -2.11. The quantitative estimate of drug-likeness (QED) is 0.883. The number of carbonyl (C=O) groups is 1. The Kier molecular flexibility index (Phi) is 5.31. The highest BCUT2D eigenvalue weighted by atomic mass is 35.5. The third kappa shape index (κ3) is 4.12. The summed E-state index contributed by atoms with van der Waals surface area (Å²) in [4.78, 5) is 12.3. The van der Waals surface area contributed by atoms with Crippen LogP contribution in [0.5, 0.6) is 0 Å². The van der Waals surface area contributed by atoms with Crippen LogP contribution in [0.1, 0.15) is 33.8 Å². The van der Waals surface area contributed by atoms with Gasteiger partial charge in [0.2, 0.25) is 0 Å². The SMILES string of the molecule is O=C(NCCc1ccccc1Cl)c1cccc([C@H]2CCNC2)c1. The molecule has 1 aliphatic rings. The van der Waals surface area contributed by atoms with Gasteiger partial charge in [-0.05, 0) is 54.6 Å². The summed E-state index contributed by atoms with van der Waals surface area (Å²) in [5.74, 6) is 0.496. The molecule has 23 heavy (non-hydrogen) atoms. The van der Waals surface area contributed by atoms with Crippen LogP contribution in [0.15, 0.2) is 48.5 Å². The van der Waals surface area contributed by atoms with Crippen LogP contribution in [0, 0.1) is 0 Å². The van der Waals surface area contributed by atoms with E-state index in [1.165, 1.54) is 5.56 Å². The molecule has 0 aliphatic carbocycles. The molecule has 1 aliphatic heterocycles. The van der Waals surface area contributed by atoms with Crippen LogP contribution < -0.4 is 10.6 Å². The fraction of sp³-hybridized carbons (Fsp3) is 0.316. The Morgan fingerprint density at radius 2 is 2.09 bits per heavy atom. The average Bonchev–Trinajstić information content (AvgIpc) is 3.11. The molecule has 0 saturated carbocycles. The summed E-state index contributed by atoms with van der Waals surface area (Å²) in [5.41, 5.74) is 3.03. The number of hydrogen-bond donors (Lipinski definition) is 2. The molecule has 2 N–H and O–H groups in total. The van der Waals surface area contributed by atoms with Crippen LogP contribution in [-0.4, -0.2) is 25.5 Å².